The third kappa shape index (κ3) is 6.63. The van der Waals surface area contributed by atoms with Crippen molar-refractivity contribution >= 4 is 7.32 Å². The molecule has 0 atom stereocenters. The molecule has 0 amide bonds. The van der Waals surface area contributed by atoms with E-state index in [1.165, 1.54) is 16.7 Å². The van der Waals surface area contributed by atoms with Gasteiger partial charge in [0, 0.05) is 5.41 Å². The second-order valence-corrected chi connectivity index (χ2v) is 6.31. The summed E-state index contributed by atoms with van der Waals surface area (Å²) in [5, 5.41) is 20.9. The van der Waals surface area contributed by atoms with Gasteiger partial charge < -0.3 is 14.9 Å². The van der Waals surface area contributed by atoms with Crippen LogP contribution in [0, 0.1) is 0 Å². The third-order valence-corrected chi connectivity index (χ3v) is 4.73. The molecule has 0 radical (unpaired) electrons. The Morgan fingerprint density at radius 3 is 1.38 bits per heavy atom. The van der Waals surface area contributed by atoms with Crippen molar-refractivity contribution in [2.75, 3.05) is 6.61 Å². The molecule has 0 saturated heterocycles. The van der Waals surface area contributed by atoms with E-state index in [-0.39, 0.29) is 49.7 Å². The van der Waals surface area contributed by atoms with Gasteiger partial charge in [0.15, 0.2) is 0 Å². The Morgan fingerprint density at radius 1 is 0.655 bits per heavy atom. The van der Waals surface area contributed by atoms with Crippen molar-refractivity contribution in [1.82, 2.24) is 0 Å². The van der Waals surface area contributed by atoms with Gasteiger partial charge in [-0.05, 0) is 29.5 Å². The number of hydrogen-bond donors (Lipinski definition) is 0. The summed E-state index contributed by atoms with van der Waals surface area (Å²) in [7, 11) is -2.42. The minimum Gasteiger partial charge on any atom is -0.868 e. The van der Waals surface area contributed by atoms with E-state index in [9.17, 15) is 10.0 Å². The molecule has 0 saturated carbocycles. The Hall–Kier alpha value is -1.24. The Labute approximate surface area is 196 Å². The van der Waals surface area contributed by atoms with Crippen LogP contribution >= 0.6 is 0 Å². The summed E-state index contributed by atoms with van der Waals surface area (Å²) in [6, 6.07) is 31.0. The van der Waals surface area contributed by atoms with Gasteiger partial charge in [0.05, 0.1) is 6.61 Å². The van der Waals surface area contributed by atoms with Crippen molar-refractivity contribution in [2.24, 2.45) is 0 Å². The maximum absolute atomic E-state index is 10.4. The van der Waals surface area contributed by atoms with Gasteiger partial charge in [-0.15, -0.1) is 0 Å². The fraction of sp³-hybridized carbons (Fsp3) is 0.182. The van der Waals surface area contributed by atoms with Crippen molar-refractivity contribution in [1.29, 1.82) is 0 Å². The molecule has 0 fully saturated rings. The van der Waals surface area contributed by atoms with Gasteiger partial charge in [0.2, 0.25) is 0 Å². The number of rotatable bonds is 9. The first kappa shape index (κ1) is 25.8. The Bertz CT molecular complexity index is 708. The molecule has 0 unspecified atom stereocenters. The minimum absolute atomic E-state index is 0. The summed E-state index contributed by atoms with van der Waals surface area (Å²) >= 11 is 0. The van der Waals surface area contributed by atoms with Crippen molar-refractivity contribution in [3.8, 4) is 0 Å². The monoisotopic (exact) mass is 374 g/mol. The Kier molecular flexibility index (Phi) is 11.7. The molecule has 29 heavy (non-hydrogen) atoms. The van der Waals surface area contributed by atoms with Gasteiger partial charge in [-0.3, -0.25) is 4.89 Å². The molecular formula is C22H21BLi2O4. The van der Waals surface area contributed by atoms with Gasteiger partial charge >= 0.3 is 37.7 Å². The summed E-state index contributed by atoms with van der Waals surface area (Å²) in [4.78, 5) is 8.94. The van der Waals surface area contributed by atoms with Crippen LogP contribution in [0.15, 0.2) is 91.0 Å². The van der Waals surface area contributed by atoms with Crippen LogP contribution in [0.25, 0.3) is 0 Å². The second-order valence-electron chi connectivity index (χ2n) is 6.31. The van der Waals surface area contributed by atoms with Crippen LogP contribution in [-0.2, 0) is 15.1 Å². The summed E-state index contributed by atoms with van der Waals surface area (Å²) in [5.41, 5.74) is 3.15. The molecule has 0 N–H and O–H groups in total. The van der Waals surface area contributed by atoms with Crippen molar-refractivity contribution in [3.63, 3.8) is 0 Å². The van der Waals surface area contributed by atoms with E-state index in [2.05, 4.69) is 41.2 Å². The van der Waals surface area contributed by atoms with Crippen LogP contribution in [0.1, 0.15) is 29.5 Å². The maximum atomic E-state index is 10.4. The van der Waals surface area contributed by atoms with Crippen molar-refractivity contribution < 1.29 is 57.5 Å². The average molecular weight is 374 g/mol. The van der Waals surface area contributed by atoms with Crippen molar-refractivity contribution in [2.45, 2.75) is 18.3 Å². The van der Waals surface area contributed by atoms with Gasteiger partial charge in [0.1, 0.15) is 7.32 Å². The van der Waals surface area contributed by atoms with Crippen molar-refractivity contribution in [3.05, 3.63) is 108 Å². The van der Waals surface area contributed by atoms with E-state index in [0.717, 1.165) is 6.42 Å². The summed E-state index contributed by atoms with van der Waals surface area (Å²) in [6.45, 7) is 0.176. The molecule has 0 aliphatic carbocycles. The summed E-state index contributed by atoms with van der Waals surface area (Å²) in [5.74, 6) is 0. The van der Waals surface area contributed by atoms with Gasteiger partial charge in [-0.2, -0.15) is 0 Å². The molecule has 0 bridgehead atoms. The van der Waals surface area contributed by atoms with Gasteiger partial charge in [-0.25, -0.2) is 0 Å². The molecule has 3 rings (SSSR count). The quantitative estimate of drug-likeness (QED) is 0.128. The molecule has 4 nitrogen and oxygen atoms in total. The molecule has 0 aliphatic heterocycles. The van der Waals surface area contributed by atoms with E-state index in [1.54, 1.807) is 0 Å². The standard InChI is InChI=1S/C22H21BO4.2Li/c24-23(25)27-26-18-10-17-22(19-11-4-1-5-12-19,20-13-6-2-7-14-20)21-15-8-3-9-16-21;;/h1-9,11-16H,10,17-18H2;;/q-2;2*+1. The molecule has 7 heteroatoms. The minimum atomic E-state index is -2.42. The van der Waals surface area contributed by atoms with Crippen LogP contribution in [0.2, 0.25) is 0 Å². The summed E-state index contributed by atoms with van der Waals surface area (Å²) < 4.78 is 0. The zero-order chi connectivity index (χ0) is 19.0. The molecule has 0 aromatic heterocycles. The molecule has 0 heterocycles. The van der Waals surface area contributed by atoms with Gasteiger partial charge in [-0.1, -0.05) is 91.0 Å². The molecule has 0 aliphatic rings. The van der Waals surface area contributed by atoms with Crippen LogP contribution in [0.3, 0.4) is 0 Å². The normalized spacial score (nSPS) is 10.6. The van der Waals surface area contributed by atoms with E-state index in [4.69, 9.17) is 4.89 Å². The fourth-order valence-corrected chi connectivity index (χ4v) is 3.60. The predicted octanol–water partition coefficient (Wildman–Crippen LogP) is -3.54. The van der Waals surface area contributed by atoms with Crippen LogP contribution in [0.5, 0.6) is 0 Å². The second kappa shape index (κ2) is 13.1. The predicted molar refractivity (Wildman–Crippen MR) is 101 cm³/mol. The SMILES string of the molecule is [Li+].[Li+].[O-]B([O-])OOCCCC(c1ccccc1)(c1ccccc1)c1ccccc1. The zero-order valence-corrected chi connectivity index (χ0v) is 17.0. The number of benzene rings is 3. The molecule has 138 valence electrons. The van der Waals surface area contributed by atoms with Gasteiger partial charge in [0.25, 0.3) is 0 Å². The van der Waals surface area contributed by atoms with Crippen LogP contribution < -0.4 is 47.8 Å². The van der Waals surface area contributed by atoms with E-state index < -0.39 is 7.32 Å². The zero-order valence-electron chi connectivity index (χ0n) is 17.0. The molecular weight excluding hydrogens is 353 g/mol. The Balaban J connectivity index is 0.00000210. The molecule has 0 spiro atoms. The fourth-order valence-electron chi connectivity index (χ4n) is 3.60. The smallest absolute Gasteiger partial charge is 0.868 e. The first-order valence-corrected chi connectivity index (χ1v) is 9.00. The maximum Gasteiger partial charge on any atom is 1.00 e. The Morgan fingerprint density at radius 2 is 1.03 bits per heavy atom. The van der Waals surface area contributed by atoms with E-state index in [1.807, 2.05) is 54.6 Å². The van der Waals surface area contributed by atoms with E-state index in [0.29, 0.717) is 6.42 Å². The molecule has 3 aromatic carbocycles. The first-order chi connectivity index (χ1) is 13.2. The first-order valence-electron chi connectivity index (χ1n) is 9.00. The van der Waals surface area contributed by atoms with E-state index >= 15 is 0 Å². The topological polar surface area (TPSA) is 64.6 Å². The van der Waals surface area contributed by atoms with Crippen LogP contribution in [-0.4, -0.2) is 13.9 Å². The largest absolute Gasteiger partial charge is 1.00 e. The number of hydrogen-bond acceptors (Lipinski definition) is 4. The van der Waals surface area contributed by atoms with Crippen LogP contribution in [0.4, 0.5) is 0 Å². The third-order valence-electron chi connectivity index (χ3n) is 4.73. The molecule has 3 aromatic rings. The average Bonchev–Trinajstić information content (AvgIpc) is 2.73. The summed E-state index contributed by atoms with van der Waals surface area (Å²) in [6.07, 6.45) is 1.35.